The molecule has 0 fully saturated rings. The minimum absolute atomic E-state index is 0.0603. The van der Waals surface area contributed by atoms with Crippen molar-refractivity contribution in [2.24, 2.45) is 0 Å². The van der Waals surface area contributed by atoms with Gasteiger partial charge in [0.2, 0.25) is 5.91 Å². The number of nitrogens with zero attached hydrogens (tertiary/aromatic N) is 4. The molecule has 0 spiro atoms. The van der Waals surface area contributed by atoms with Crippen molar-refractivity contribution in [3.8, 4) is 17.5 Å². The summed E-state index contributed by atoms with van der Waals surface area (Å²) in [4.78, 5) is 29.7. The van der Waals surface area contributed by atoms with Gasteiger partial charge in [0.25, 0.3) is 0 Å². The van der Waals surface area contributed by atoms with E-state index in [0.29, 0.717) is 17.7 Å². The largest absolute Gasteiger partial charge is 0.478 e. The van der Waals surface area contributed by atoms with Crippen LogP contribution in [0.3, 0.4) is 0 Å². The zero-order chi connectivity index (χ0) is 22.4. The lowest BCUT2D eigenvalue weighted by atomic mass is 10.0. The van der Waals surface area contributed by atoms with Crippen LogP contribution in [-0.4, -0.2) is 45.5 Å². The number of benzene rings is 1. The summed E-state index contributed by atoms with van der Waals surface area (Å²) >= 11 is 0. The third-order valence-corrected chi connectivity index (χ3v) is 5.34. The van der Waals surface area contributed by atoms with Crippen LogP contribution in [0.1, 0.15) is 48.0 Å². The van der Waals surface area contributed by atoms with Crippen molar-refractivity contribution in [2.75, 3.05) is 14.1 Å². The maximum Gasteiger partial charge on any atom is 0.335 e. The molecule has 0 aliphatic rings. The number of hydrogen-bond acceptors (Lipinski definition) is 5. The summed E-state index contributed by atoms with van der Waals surface area (Å²) in [6, 6.07) is 7.17. The fraction of sp³-hybridized carbons (Fsp3) is 0.391. The molecule has 2 aromatic heterocycles. The van der Waals surface area contributed by atoms with Crippen LogP contribution in [0, 0.1) is 11.3 Å². The number of likely N-dealkylation sites (N-methyl/N-ethyl adjacent to an activating group) is 1. The van der Waals surface area contributed by atoms with Crippen LogP contribution < -0.4 is 0 Å². The van der Waals surface area contributed by atoms with Gasteiger partial charge in [-0.25, -0.2) is 9.78 Å². The first kappa shape index (κ1) is 22.1. The molecule has 3 aromatic rings. The van der Waals surface area contributed by atoms with E-state index in [1.165, 1.54) is 11.3 Å². The van der Waals surface area contributed by atoms with E-state index in [9.17, 15) is 14.7 Å². The van der Waals surface area contributed by atoms with Crippen LogP contribution in [0.5, 0.6) is 0 Å². The van der Waals surface area contributed by atoms with Crippen LogP contribution in [0.15, 0.2) is 35.2 Å². The molecule has 1 amide bonds. The summed E-state index contributed by atoms with van der Waals surface area (Å²) in [6.45, 7) is 0.0603. The number of carboxylic acids is 1. The van der Waals surface area contributed by atoms with Crippen LogP contribution in [0.2, 0.25) is 0 Å². The smallest absolute Gasteiger partial charge is 0.335 e. The highest BCUT2D eigenvalue weighted by Crippen LogP contribution is 2.36. The summed E-state index contributed by atoms with van der Waals surface area (Å²) < 4.78 is 7.43. The number of oxazole rings is 1. The molecule has 0 atom stereocenters. The van der Waals surface area contributed by atoms with Crippen molar-refractivity contribution < 1.29 is 19.1 Å². The van der Waals surface area contributed by atoms with Gasteiger partial charge in [0.1, 0.15) is 6.54 Å². The van der Waals surface area contributed by atoms with Crippen molar-refractivity contribution in [3.05, 3.63) is 41.9 Å². The van der Waals surface area contributed by atoms with E-state index >= 15 is 0 Å². The molecular formula is C23H26N4O4. The van der Waals surface area contributed by atoms with E-state index in [4.69, 9.17) is 9.68 Å². The van der Waals surface area contributed by atoms with E-state index in [1.807, 2.05) is 4.57 Å². The lowest BCUT2D eigenvalue weighted by Crippen LogP contribution is -2.26. The molecule has 0 saturated carbocycles. The molecule has 8 nitrogen and oxygen atoms in total. The van der Waals surface area contributed by atoms with Gasteiger partial charge in [0, 0.05) is 25.9 Å². The molecule has 162 valence electrons. The van der Waals surface area contributed by atoms with Crippen molar-refractivity contribution in [1.29, 1.82) is 5.26 Å². The Morgan fingerprint density at radius 3 is 2.65 bits per heavy atom. The Balaban J connectivity index is 2.09. The van der Waals surface area contributed by atoms with Gasteiger partial charge >= 0.3 is 5.97 Å². The van der Waals surface area contributed by atoms with E-state index in [2.05, 4.69) is 11.1 Å². The Kier molecular flexibility index (Phi) is 7.08. The molecule has 0 saturated heterocycles. The zero-order valence-electron chi connectivity index (χ0n) is 17.8. The molecule has 1 N–H and O–H groups in total. The second-order valence-electron chi connectivity index (χ2n) is 7.68. The number of nitriles is 1. The van der Waals surface area contributed by atoms with Crippen LogP contribution in [-0.2, 0) is 17.8 Å². The molecule has 2 heterocycles. The topological polar surface area (TPSA) is 112 Å². The van der Waals surface area contributed by atoms with Crippen molar-refractivity contribution in [3.63, 3.8) is 0 Å². The number of hydrogen-bond donors (Lipinski definition) is 1. The fourth-order valence-corrected chi connectivity index (χ4v) is 3.72. The van der Waals surface area contributed by atoms with Crippen molar-refractivity contribution in [2.45, 2.75) is 45.1 Å². The van der Waals surface area contributed by atoms with Gasteiger partial charge in [-0.15, -0.1) is 0 Å². The molecule has 0 radical (unpaired) electrons. The molecule has 0 aliphatic carbocycles. The van der Waals surface area contributed by atoms with E-state index in [-0.39, 0.29) is 18.0 Å². The second kappa shape index (κ2) is 9.94. The number of unbranched alkanes of at least 4 members (excludes halogenated alkanes) is 4. The Hall–Kier alpha value is -3.60. The third-order valence-electron chi connectivity index (χ3n) is 5.34. The average Bonchev–Trinajstić information content (AvgIpc) is 3.37. The normalized spacial score (nSPS) is 10.9. The Bertz CT molecular complexity index is 1110. The number of carbonyl (C=O) groups is 2. The molecule has 0 bridgehead atoms. The first-order chi connectivity index (χ1) is 14.9. The second-order valence-corrected chi connectivity index (χ2v) is 7.68. The minimum Gasteiger partial charge on any atom is -0.478 e. The summed E-state index contributed by atoms with van der Waals surface area (Å²) in [5.41, 5.74) is 2.61. The van der Waals surface area contributed by atoms with E-state index in [0.717, 1.165) is 48.7 Å². The third kappa shape index (κ3) is 4.94. The first-order valence-electron chi connectivity index (χ1n) is 10.3. The highest BCUT2D eigenvalue weighted by molar-refractivity contribution is 5.98. The number of aromatic carboxylic acids is 1. The van der Waals surface area contributed by atoms with Gasteiger partial charge in [0.15, 0.2) is 12.2 Å². The summed E-state index contributed by atoms with van der Waals surface area (Å²) in [6.07, 6.45) is 8.02. The van der Waals surface area contributed by atoms with Crippen LogP contribution in [0.4, 0.5) is 0 Å². The predicted octanol–water partition coefficient (Wildman–Crippen LogP) is 4.10. The quantitative estimate of drug-likeness (QED) is 0.492. The predicted molar refractivity (Wildman–Crippen MR) is 115 cm³/mol. The standard InChI is InChI=1S/C23H26N4O4/c1-26(2)21(28)14-27-19-12-16(23(29)30)9-10-17(19)18(8-6-4-3-5-7-11-24)22(27)20-13-25-15-31-20/h9-10,12-13,15H,3-8,14H2,1-2H3,(H,29,30). The van der Waals surface area contributed by atoms with Gasteiger partial charge in [-0.2, -0.15) is 5.26 Å². The zero-order valence-corrected chi connectivity index (χ0v) is 17.8. The number of rotatable bonds is 10. The van der Waals surface area contributed by atoms with Gasteiger partial charge in [-0.3, -0.25) is 4.79 Å². The molecule has 0 aliphatic heterocycles. The van der Waals surface area contributed by atoms with Gasteiger partial charge < -0.3 is 19.0 Å². The van der Waals surface area contributed by atoms with Gasteiger partial charge in [0.05, 0.1) is 29.0 Å². The van der Waals surface area contributed by atoms with Gasteiger partial charge in [-0.1, -0.05) is 18.9 Å². The summed E-state index contributed by atoms with van der Waals surface area (Å²) in [5, 5.41) is 19.1. The van der Waals surface area contributed by atoms with Crippen molar-refractivity contribution in [1.82, 2.24) is 14.5 Å². The number of aryl methyl sites for hydroxylation is 1. The highest BCUT2D eigenvalue weighted by atomic mass is 16.4. The molecule has 0 unspecified atom stereocenters. The van der Waals surface area contributed by atoms with E-state index in [1.54, 1.807) is 38.5 Å². The first-order valence-corrected chi connectivity index (χ1v) is 10.3. The van der Waals surface area contributed by atoms with Crippen molar-refractivity contribution >= 4 is 22.8 Å². The highest BCUT2D eigenvalue weighted by Gasteiger charge is 2.23. The van der Waals surface area contributed by atoms with Crippen LogP contribution in [0.25, 0.3) is 22.4 Å². The summed E-state index contributed by atoms with van der Waals surface area (Å²) in [5.74, 6) is -0.589. The molecule has 1 aromatic carbocycles. The number of carboxylic acid groups (broad SMARTS) is 1. The summed E-state index contributed by atoms with van der Waals surface area (Å²) in [7, 11) is 3.37. The average molecular weight is 422 g/mol. The van der Waals surface area contributed by atoms with E-state index < -0.39 is 5.97 Å². The van der Waals surface area contributed by atoms with Crippen LogP contribution >= 0.6 is 0 Å². The number of fused-ring (bicyclic) bond motifs is 1. The lowest BCUT2D eigenvalue weighted by Gasteiger charge is -2.14. The monoisotopic (exact) mass is 422 g/mol. The fourth-order valence-electron chi connectivity index (χ4n) is 3.72. The Morgan fingerprint density at radius 2 is 2.00 bits per heavy atom. The van der Waals surface area contributed by atoms with Gasteiger partial charge in [-0.05, 0) is 37.0 Å². The maximum atomic E-state index is 12.6. The minimum atomic E-state index is -1.02. The molecule has 3 rings (SSSR count). The lowest BCUT2D eigenvalue weighted by molar-refractivity contribution is -0.129. The molecule has 31 heavy (non-hydrogen) atoms. The Morgan fingerprint density at radius 1 is 1.23 bits per heavy atom. The number of amides is 1. The molecular weight excluding hydrogens is 396 g/mol. The number of carbonyl (C=O) groups excluding carboxylic acids is 1. The maximum absolute atomic E-state index is 12.6. The molecule has 8 heteroatoms. The SMILES string of the molecule is CN(C)C(=O)Cn1c(-c2cnco2)c(CCCCCCC#N)c2ccc(C(=O)O)cc21. The number of aromatic nitrogens is 2. The Labute approximate surface area is 180 Å².